The number of likely N-dealkylation sites (tertiary alicyclic amines) is 1. The van der Waals surface area contributed by atoms with Gasteiger partial charge < -0.3 is 9.64 Å². The van der Waals surface area contributed by atoms with Crippen molar-refractivity contribution in [1.82, 2.24) is 4.90 Å². The lowest BCUT2D eigenvalue weighted by atomic mass is 9.82. The molecule has 1 aromatic carbocycles. The molecule has 4 nitrogen and oxygen atoms in total. The van der Waals surface area contributed by atoms with E-state index in [0.717, 1.165) is 30.3 Å². The van der Waals surface area contributed by atoms with Crippen LogP contribution in [-0.4, -0.2) is 31.2 Å². The predicted octanol–water partition coefficient (Wildman–Crippen LogP) is 5.25. The Labute approximate surface area is 149 Å². The zero-order valence-electron chi connectivity index (χ0n) is 14.8. The number of hydrogen-bond donors (Lipinski definition) is 1. The summed E-state index contributed by atoms with van der Waals surface area (Å²) in [5, 5.41) is 3.20. The van der Waals surface area contributed by atoms with Gasteiger partial charge >= 0.3 is 6.09 Å². The monoisotopic (exact) mass is 350 g/mol. The molecule has 1 fully saturated rings. The van der Waals surface area contributed by atoms with E-state index in [1.165, 1.54) is 26.4 Å². The molecule has 1 heterocycles. The van der Waals surface area contributed by atoms with Crippen molar-refractivity contribution in [2.24, 2.45) is 11.8 Å². The molecule has 0 bridgehead atoms. The summed E-state index contributed by atoms with van der Waals surface area (Å²) in [6, 6.07) is 5.46. The van der Waals surface area contributed by atoms with Crippen molar-refractivity contribution >= 4 is 29.1 Å². The second-order valence-corrected chi connectivity index (χ2v) is 6.74. The number of ether oxygens (including phenoxy) is 1. The Morgan fingerprint density at radius 1 is 1.38 bits per heavy atom. The van der Waals surface area contributed by atoms with Crippen LogP contribution in [0.5, 0.6) is 0 Å². The Morgan fingerprint density at radius 3 is 2.67 bits per heavy atom. The summed E-state index contributed by atoms with van der Waals surface area (Å²) in [7, 11) is 1.33. The van der Waals surface area contributed by atoms with Gasteiger partial charge in [0, 0.05) is 30.0 Å². The van der Waals surface area contributed by atoms with Crippen LogP contribution in [0.3, 0.4) is 0 Å². The van der Waals surface area contributed by atoms with Gasteiger partial charge in [-0.2, -0.15) is 0 Å². The SMILES string of the molecule is C=C(c1ccc(NC(=O)OC)cc1Cl)N1CCC(CC)C(CC)C1. The number of carbonyl (C=O) groups is 1. The molecule has 0 spiro atoms. The van der Waals surface area contributed by atoms with Crippen molar-refractivity contribution < 1.29 is 9.53 Å². The van der Waals surface area contributed by atoms with Gasteiger partial charge in [0.2, 0.25) is 0 Å². The minimum atomic E-state index is -0.509. The number of rotatable bonds is 5. The third-order valence-electron chi connectivity index (χ3n) is 5.03. The number of amides is 1. The topological polar surface area (TPSA) is 41.6 Å². The van der Waals surface area contributed by atoms with Crippen LogP contribution in [0.2, 0.25) is 5.02 Å². The number of hydrogen-bond acceptors (Lipinski definition) is 3. The molecular formula is C19H27ClN2O2. The number of piperidine rings is 1. The van der Waals surface area contributed by atoms with Crippen molar-refractivity contribution in [3.05, 3.63) is 35.4 Å². The van der Waals surface area contributed by atoms with E-state index in [9.17, 15) is 4.79 Å². The molecule has 2 atom stereocenters. The van der Waals surface area contributed by atoms with Crippen molar-refractivity contribution in [1.29, 1.82) is 0 Å². The Morgan fingerprint density at radius 2 is 2.08 bits per heavy atom. The van der Waals surface area contributed by atoms with Crippen LogP contribution < -0.4 is 5.32 Å². The molecule has 1 N–H and O–H groups in total. The predicted molar refractivity (Wildman–Crippen MR) is 100 cm³/mol. The molecule has 132 valence electrons. The van der Waals surface area contributed by atoms with E-state index in [2.05, 4.69) is 35.4 Å². The fourth-order valence-corrected chi connectivity index (χ4v) is 3.78. The average Bonchev–Trinajstić information content (AvgIpc) is 2.60. The second-order valence-electron chi connectivity index (χ2n) is 6.33. The van der Waals surface area contributed by atoms with Gasteiger partial charge in [-0.25, -0.2) is 4.79 Å². The van der Waals surface area contributed by atoms with E-state index >= 15 is 0 Å². The highest BCUT2D eigenvalue weighted by Crippen LogP contribution is 2.34. The van der Waals surface area contributed by atoms with Gasteiger partial charge in [0.15, 0.2) is 0 Å². The highest BCUT2D eigenvalue weighted by molar-refractivity contribution is 6.32. The quantitative estimate of drug-likeness (QED) is 0.788. The maximum Gasteiger partial charge on any atom is 0.411 e. The summed E-state index contributed by atoms with van der Waals surface area (Å²) in [5.74, 6) is 1.51. The van der Waals surface area contributed by atoms with Crippen molar-refractivity contribution in [3.63, 3.8) is 0 Å². The van der Waals surface area contributed by atoms with Gasteiger partial charge in [-0.3, -0.25) is 5.32 Å². The molecule has 1 amide bonds. The lowest BCUT2D eigenvalue weighted by Gasteiger charge is -2.40. The van der Waals surface area contributed by atoms with E-state index < -0.39 is 6.09 Å². The van der Waals surface area contributed by atoms with Crippen molar-refractivity contribution in [2.45, 2.75) is 33.1 Å². The number of carbonyl (C=O) groups excluding carboxylic acids is 1. The van der Waals surface area contributed by atoms with Gasteiger partial charge in [0.05, 0.1) is 12.1 Å². The molecule has 0 radical (unpaired) electrons. The van der Waals surface area contributed by atoms with Crippen LogP contribution in [0, 0.1) is 11.8 Å². The molecular weight excluding hydrogens is 324 g/mol. The first-order valence-corrected chi connectivity index (χ1v) is 8.96. The number of methoxy groups -OCH3 is 1. The Bertz CT molecular complexity index is 603. The molecule has 24 heavy (non-hydrogen) atoms. The standard InChI is InChI=1S/C19H27ClN2O2/c1-5-14-9-10-22(12-15(14)6-2)13(3)17-8-7-16(11-18(17)20)21-19(23)24-4/h7-8,11,14-15H,3,5-6,9-10,12H2,1-2,4H3,(H,21,23). The lowest BCUT2D eigenvalue weighted by Crippen LogP contribution is -2.38. The number of nitrogens with zero attached hydrogens (tertiary/aromatic N) is 1. The second kappa shape index (κ2) is 8.43. The highest BCUT2D eigenvalue weighted by Gasteiger charge is 2.28. The molecule has 2 rings (SSSR count). The first-order chi connectivity index (χ1) is 11.5. The third kappa shape index (κ3) is 4.23. The summed E-state index contributed by atoms with van der Waals surface area (Å²) in [4.78, 5) is 13.6. The molecule has 1 saturated heterocycles. The number of anilines is 1. The van der Waals surface area contributed by atoms with Crippen LogP contribution in [0.4, 0.5) is 10.5 Å². The third-order valence-corrected chi connectivity index (χ3v) is 5.35. The summed E-state index contributed by atoms with van der Waals surface area (Å²) in [6.45, 7) is 10.9. The van der Waals surface area contributed by atoms with E-state index in [1.807, 2.05) is 12.1 Å². The molecule has 0 saturated carbocycles. The minimum absolute atomic E-state index is 0.509. The van der Waals surface area contributed by atoms with Gasteiger partial charge in [-0.15, -0.1) is 0 Å². The molecule has 5 heteroatoms. The van der Waals surface area contributed by atoms with Crippen LogP contribution in [0.15, 0.2) is 24.8 Å². The Balaban J connectivity index is 2.11. The fourth-order valence-electron chi connectivity index (χ4n) is 3.49. The van der Waals surface area contributed by atoms with Crippen LogP contribution >= 0.6 is 11.6 Å². The molecule has 0 aliphatic carbocycles. The normalized spacial score (nSPS) is 20.6. The summed E-state index contributed by atoms with van der Waals surface area (Å²) in [5.41, 5.74) is 2.48. The maximum absolute atomic E-state index is 11.3. The zero-order valence-corrected chi connectivity index (χ0v) is 15.5. The Hall–Kier alpha value is -1.68. The van der Waals surface area contributed by atoms with Gasteiger partial charge in [-0.1, -0.05) is 44.9 Å². The fraction of sp³-hybridized carbons (Fsp3) is 0.526. The number of nitrogens with one attached hydrogen (secondary N) is 1. The molecule has 1 aliphatic heterocycles. The summed E-state index contributed by atoms with van der Waals surface area (Å²) < 4.78 is 4.59. The maximum atomic E-state index is 11.3. The number of halogens is 1. The summed E-state index contributed by atoms with van der Waals surface area (Å²) >= 11 is 6.42. The van der Waals surface area contributed by atoms with Crippen molar-refractivity contribution in [3.8, 4) is 0 Å². The molecule has 1 aromatic rings. The minimum Gasteiger partial charge on any atom is -0.453 e. The number of benzene rings is 1. The van der Waals surface area contributed by atoms with Gasteiger partial charge in [-0.05, 0) is 36.5 Å². The van der Waals surface area contributed by atoms with E-state index in [4.69, 9.17) is 11.6 Å². The molecule has 0 aromatic heterocycles. The molecule has 1 aliphatic rings. The van der Waals surface area contributed by atoms with Crippen LogP contribution in [0.25, 0.3) is 5.70 Å². The lowest BCUT2D eigenvalue weighted by molar-refractivity contribution is 0.161. The van der Waals surface area contributed by atoms with E-state index in [0.29, 0.717) is 16.6 Å². The van der Waals surface area contributed by atoms with Gasteiger partial charge in [0.1, 0.15) is 0 Å². The van der Waals surface area contributed by atoms with Crippen LogP contribution in [-0.2, 0) is 4.74 Å². The van der Waals surface area contributed by atoms with Crippen LogP contribution in [0.1, 0.15) is 38.7 Å². The van der Waals surface area contributed by atoms with E-state index in [1.54, 1.807) is 6.07 Å². The summed E-state index contributed by atoms with van der Waals surface area (Å²) in [6.07, 6.45) is 3.13. The van der Waals surface area contributed by atoms with Crippen molar-refractivity contribution in [2.75, 3.05) is 25.5 Å². The highest BCUT2D eigenvalue weighted by atomic mass is 35.5. The van der Waals surface area contributed by atoms with Gasteiger partial charge in [0.25, 0.3) is 0 Å². The average molecular weight is 351 g/mol. The largest absolute Gasteiger partial charge is 0.453 e. The first-order valence-electron chi connectivity index (χ1n) is 8.58. The Kier molecular flexibility index (Phi) is 6.55. The first kappa shape index (κ1) is 18.7. The zero-order chi connectivity index (χ0) is 17.7. The smallest absolute Gasteiger partial charge is 0.411 e. The molecule has 2 unspecified atom stereocenters. The van der Waals surface area contributed by atoms with E-state index in [-0.39, 0.29) is 0 Å².